The predicted octanol–water partition coefficient (Wildman–Crippen LogP) is 3.09. The van der Waals surface area contributed by atoms with Crippen LogP contribution in [0.5, 0.6) is 0 Å². The Balaban J connectivity index is 3.53. The number of hydrogen-bond acceptors (Lipinski definition) is 2. The van der Waals surface area contributed by atoms with Crippen molar-refractivity contribution in [1.29, 1.82) is 5.26 Å². The fourth-order valence-corrected chi connectivity index (χ4v) is 1.40. The van der Waals surface area contributed by atoms with Gasteiger partial charge in [0.05, 0.1) is 17.2 Å². The lowest BCUT2D eigenvalue weighted by molar-refractivity contribution is -0.138. The van der Waals surface area contributed by atoms with Crippen molar-refractivity contribution in [2.75, 3.05) is 0 Å². The molecule has 0 aliphatic carbocycles. The molecule has 0 fully saturated rings. The number of benzene rings is 1. The number of halogens is 3. The molecule has 84 valence electrons. The summed E-state index contributed by atoms with van der Waals surface area (Å²) in [5.74, 6) is -0.554. The number of alkyl halides is 3. The Morgan fingerprint density at radius 1 is 1.38 bits per heavy atom. The molecule has 0 atom stereocenters. The first-order valence-electron chi connectivity index (χ1n) is 4.40. The summed E-state index contributed by atoms with van der Waals surface area (Å²) in [6.07, 6.45) is -4.51. The molecule has 0 aromatic heterocycles. The van der Waals surface area contributed by atoms with Gasteiger partial charge < -0.3 is 0 Å². The number of aryl methyl sites for hydroxylation is 1. The Hall–Kier alpha value is -1.83. The summed E-state index contributed by atoms with van der Waals surface area (Å²) in [7, 11) is 0. The van der Waals surface area contributed by atoms with Gasteiger partial charge in [-0.05, 0) is 31.5 Å². The van der Waals surface area contributed by atoms with E-state index in [1.165, 1.54) is 6.92 Å². The zero-order valence-corrected chi connectivity index (χ0v) is 8.64. The van der Waals surface area contributed by atoms with Crippen LogP contribution >= 0.6 is 0 Å². The van der Waals surface area contributed by atoms with Crippen molar-refractivity contribution in [3.63, 3.8) is 0 Å². The molecule has 0 spiro atoms. The molecule has 1 rings (SSSR count). The fourth-order valence-electron chi connectivity index (χ4n) is 1.40. The summed E-state index contributed by atoms with van der Waals surface area (Å²) in [6, 6.07) is 3.52. The summed E-state index contributed by atoms with van der Waals surface area (Å²) >= 11 is 0. The van der Waals surface area contributed by atoms with Crippen LogP contribution in [-0.4, -0.2) is 5.78 Å². The smallest absolute Gasteiger partial charge is 0.294 e. The number of carbonyl (C=O) groups is 1. The lowest BCUT2D eigenvalue weighted by atomic mass is 9.97. The van der Waals surface area contributed by atoms with Gasteiger partial charge in [-0.3, -0.25) is 4.79 Å². The van der Waals surface area contributed by atoms with Crippen LogP contribution in [0.2, 0.25) is 0 Å². The molecule has 0 aliphatic heterocycles. The molecule has 0 aliphatic rings. The molecule has 1 aromatic carbocycles. The maximum Gasteiger partial charge on any atom is 0.416 e. The summed E-state index contributed by atoms with van der Waals surface area (Å²) in [4.78, 5) is 11.1. The zero-order valence-electron chi connectivity index (χ0n) is 8.64. The molecular formula is C11H8F3NO. The van der Waals surface area contributed by atoms with Gasteiger partial charge in [0.1, 0.15) is 0 Å². The van der Waals surface area contributed by atoms with E-state index < -0.39 is 17.5 Å². The van der Waals surface area contributed by atoms with Crippen molar-refractivity contribution < 1.29 is 18.0 Å². The van der Waals surface area contributed by atoms with Crippen molar-refractivity contribution in [2.45, 2.75) is 20.0 Å². The highest BCUT2D eigenvalue weighted by Gasteiger charge is 2.33. The van der Waals surface area contributed by atoms with Crippen molar-refractivity contribution >= 4 is 5.78 Å². The average Bonchev–Trinajstić information content (AvgIpc) is 2.14. The number of nitrogens with zero attached hydrogens (tertiary/aromatic N) is 1. The Morgan fingerprint density at radius 3 is 2.31 bits per heavy atom. The van der Waals surface area contributed by atoms with Crippen LogP contribution in [0.4, 0.5) is 13.2 Å². The normalized spacial score (nSPS) is 11.0. The molecule has 0 heterocycles. The van der Waals surface area contributed by atoms with Crippen LogP contribution in [0.15, 0.2) is 12.1 Å². The third kappa shape index (κ3) is 2.22. The second-order valence-corrected chi connectivity index (χ2v) is 3.38. The van der Waals surface area contributed by atoms with Crippen LogP contribution in [0.25, 0.3) is 0 Å². The molecule has 5 heteroatoms. The minimum Gasteiger partial charge on any atom is -0.294 e. The second-order valence-electron chi connectivity index (χ2n) is 3.38. The Labute approximate surface area is 90.3 Å². The first kappa shape index (κ1) is 12.2. The largest absolute Gasteiger partial charge is 0.416 e. The summed E-state index contributed by atoms with van der Waals surface area (Å²) in [6.45, 7) is 2.39. The van der Waals surface area contributed by atoms with Gasteiger partial charge in [0.15, 0.2) is 5.78 Å². The van der Waals surface area contributed by atoms with Crippen LogP contribution in [0, 0.1) is 18.3 Å². The van der Waals surface area contributed by atoms with Gasteiger partial charge in [-0.25, -0.2) is 0 Å². The summed E-state index contributed by atoms with van der Waals surface area (Å²) < 4.78 is 37.6. The number of carbonyl (C=O) groups excluding carboxylic acids is 1. The number of ketones is 1. The van der Waals surface area contributed by atoms with Crippen molar-refractivity contribution in [3.8, 4) is 6.07 Å². The topological polar surface area (TPSA) is 40.9 Å². The van der Waals surface area contributed by atoms with Crippen molar-refractivity contribution in [1.82, 2.24) is 0 Å². The highest BCUT2D eigenvalue weighted by Crippen LogP contribution is 2.33. The van der Waals surface area contributed by atoms with Crippen molar-refractivity contribution in [3.05, 3.63) is 34.4 Å². The van der Waals surface area contributed by atoms with E-state index in [0.29, 0.717) is 0 Å². The number of rotatable bonds is 1. The maximum atomic E-state index is 12.5. The molecule has 0 bridgehead atoms. The van der Waals surface area contributed by atoms with Crippen molar-refractivity contribution in [2.24, 2.45) is 0 Å². The average molecular weight is 227 g/mol. The lowest BCUT2D eigenvalue weighted by Crippen LogP contribution is -2.10. The zero-order chi connectivity index (χ0) is 12.5. The molecule has 0 radical (unpaired) electrons. The molecule has 0 saturated heterocycles. The highest BCUT2D eigenvalue weighted by molar-refractivity contribution is 5.96. The molecule has 2 nitrogen and oxygen atoms in total. The molecule has 1 aromatic rings. The molecule has 0 N–H and O–H groups in total. The van der Waals surface area contributed by atoms with Gasteiger partial charge in [0, 0.05) is 5.56 Å². The standard InChI is InChI=1S/C11H8F3NO/c1-6-3-8(5-15)9(7(2)16)4-10(6)11(12,13)14/h3-4H,1-2H3. The van der Waals surface area contributed by atoms with Gasteiger partial charge in [0.2, 0.25) is 0 Å². The number of Topliss-reactive ketones (excluding diaryl/α,β-unsaturated/α-hetero) is 1. The second kappa shape index (κ2) is 3.97. The van der Waals surface area contributed by atoms with Crippen LogP contribution in [-0.2, 0) is 6.18 Å². The van der Waals surface area contributed by atoms with Gasteiger partial charge >= 0.3 is 6.18 Å². The van der Waals surface area contributed by atoms with Gasteiger partial charge in [-0.2, -0.15) is 18.4 Å². The summed E-state index contributed by atoms with van der Waals surface area (Å²) in [5, 5.41) is 8.70. The van der Waals surface area contributed by atoms with Gasteiger partial charge in [-0.1, -0.05) is 0 Å². The monoisotopic (exact) mass is 227 g/mol. The van der Waals surface area contributed by atoms with E-state index in [4.69, 9.17) is 5.26 Å². The molecule has 0 saturated carbocycles. The van der Waals surface area contributed by atoms with E-state index >= 15 is 0 Å². The van der Waals surface area contributed by atoms with E-state index in [9.17, 15) is 18.0 Å². The fraction of sp³-hybridized carbons (Fsp3) is 0.273. The highest BCUT2D eigenvalue weighted by atomic mass is 19.4. The first-order chi connectivity index (χ1) is 7.27. The van der Waals surface area contributed by atoms with Crippen LogP contribution < -0.4 is 0 Å². The molecular weight excluding hydrogens is 219 g/mol. The van der Waals surface area contributed by atoms with E-state index in [2.05, 4.69) is 0 Å². The molecule has 0 amide bonds. The quantitative estimate of drug-likeness (QED) is 0.691. The third-order valence-electron chi connectivity index (χ3n) is 2.17. The number of hydrogen-bond donors (Lipinski definition) is 0. The lowest BCUT2D eigenvalue weighted by Gasteiger charge is -2.12. The third-order valence-corrected chi connectivity index (χ3v) is 2.17. The number of nitriles is 1. The molecule has 0 unspecified atom stereocenters. The van der Waals surface area contributed by atoms with Crippen LogP contribution in [0.1, 0.15) is 34.0 Å². The van der Waals surface area contributed by atoms with Gasteiger partial charge in [0.25, 0.3) is 0 Å². The SMILES string of the molecule is CC(=O)c1cc(C(F)(F)F)c(C)cc1C#N. The van der Waals surface area contributed by atoms with E-state index in [0.717, 1.165) is 19.1 Å². The predicted molar refractivity (Wildman–Crippen MR) is 50.9 cm³/mol. The minimum absolute atomic E-state index is 0.0296. The Morgan fingerprint density at radius 2 is 1.94 bits per heavy atom. The molecule has 16 heavy (non-hydrogen) atoms. The van der Waals surface area contributed by atoms with Gasteiger partial charge in [-0.15, -0.1) is 0 Å². The minimum atomic E-state index is -4.51. The first-order valence-corrected chi connectivity index (χ1v) is 4.40. The Kier molecular flexibility index (Phi) is 3.04. The van der Waals surface area contributed by atoms with E-state index in [-0.39, 0.29) is 16.7 Å². The van der Waals surface area contributed by atoms with E-state index in [1.54, 1.807) is 6.07 Å². The maximum absolute atomic E-state index is 12.5. The summed E-state index contributed by atoms with van der Waals surface area (Å²) in [5.41, 5.74) is -1.16. The Bertz CT molecular complexity index is 483. The van der Waals surface area contributed by atoms with Crippen LogP contribution in [0.3, 0.4) is 0 Å². The van der Waals surface area contributed by atoms with E-state index in [1.807, 2.05) is 0 Å².